The molecule has 1 rings (SSSR count). The second-order valence-corrected chi connectivity index (χ2v) is 13.4. The Morgan fingerprint density at radius 2 is 1.91 bits per heavy atom. The molecule has 5 heteroatoms. The van der Waals surface area contributed by atoms with Crippen molar-refractivity contribution in [2.45, 2.75) is 84.5 Å². The fourth-order valence-electron chi connectivity index (χ4n) is 3.02. The van der Waals surface area contributed by atoms with Crippen LogP contribution < -0.4 is 0 Å². The summed E-state index contributed by atoms with van der Waals surface area (Å²) in [6.45, 7) is 15.3. The molecule has 0 aliphatic heterocycles. The van der Waals surface area contributed by atoms with E-state index >= 15 is 0 Å². The monoisotopic (exact) mass is 342 g/mol. The van der Waals surface area contributed by atoms with Crippen molar-refractivity contribution in [3.8, 4) is 0 Å². The Balaban J connectivity index is 2.90. The Hall–Kier alpha value is -0.683. The van der Waals surface area contributed by atoms with Crippen molar-refractivity contribution in [3.63, 3.8) is 0 Å². The summed E-state index contributed by atoms with van der Waals surface area (Å²) in [5.41, 5.74) is -0.501. The quantitative estimate of drug-likeness (QED) is 0.551. The molecule has 3 atom stereocenters. The molecule has 0 aromatic rings. The van der Waals surface area contributed by atoms with Gasteiger partial charge in [0.05, 0.1) is 7.11 Å². The smallest absolute Gasteiger partial charge is 0.305 e. The maximum atomic E-state index is 12.5. The Kier molecular flexibility index (Phi) is 6.25. The summed E-state index contributed by atoms with van der Waals surface area (Å²) in [6.07, 6.45) is 2.26. The lowest BCUT2D eigenvalue weighted by Crippen LogP contribution is -2.52. The molecule has 23 heavy (non-hydrogen) atoms. The summed E-state index contributed by atoms with van der Waals surface area (Å²) < 4.78 is 11.3. The van der Waals surface area contributed by atoms with Crippen molar-refractivity contribution in [1.82, 2.24) is 0 Å². The molecule has 1 saturated carbocycles. The van der Waals surface area contributed by atoms with E-state index in [1.165, 1.54) is 7.11 Å². The van der Waals surface area contributed by atoms with E-state index in [-0.39, 0.29) is 35.2 Å². The number of ether oxygens (including phenoxy) is 1. The Morgan fingerprint density at radius 1 is 1.35 bits per heavy atom. The van der Waals surface area contributed by atoms with Crippen LogP contribution in [0, 0.1) is 11.3 Å². The van der Waals surface area contributed by atoms with Crippen LogP contribution in [0.25, 0.3) is 0 Å². The van der Waals surface area contributed by atoms with Gasteiger partial charge in [0.25, 0.3) is 0 Å². The van der Waals surface area contributed by atoms with Crippen LogP contribution in [-0.4, -0.2) is 33.3 Å². The Bertz CT molecular complexity index is 452. The van der Waals surface area contributed by atoms with Gasteiger partial charge in [-0.05, 0) is 36.9 Å². The van der Waals surface area contributed by atoms with Gasteiger partial charge in [0.15, 0.2) is 8.32 Å². The Labute approximate surface area is 142 Å². The SMILES string of the molecule is COC(=O)CC[C@@]1(C)C(=O)CC[C@@H](O[Si](C)(C)C(C)(C)C)[C@@H]1C. The molecule has 1 aliphatic carbocycles. The van der Waals surface area contributed by atoms with E-state index in [2.05, 4.69) is 40.8 Å². The number of ketones is 1. The molecule has 0 N–H and O–H groups in total. The molecule has 134 valence electrons. The third-order valence-electron chi connectivity index (χ3n) is 6.18. The first kappa shape index (κ1) is 20.4. The first-order chi connectivity index (χ1) is 10.3. The minimum atomic E-state index is -1.87. The van der Waals surface area contributed by atoms with E-state index in [4.69, 9.17) is 9.16 Å². The number of hydrogen-bond donors (Lipinski definition) is 0. The number of methoxy groups -OCH3 is 1. The number of Topliss-reactive ketones (excluding diaryl/α,β-unsaturated/α-hetero) is 1. The van der Waals surface area contributed by atoms with E-state index in [1.807, 2.05) is 6.92 Å². The summed E-state index contributed by atoms with van der Waals surface area (Å²) in [5, 5.41) is 0.149. The van der Waals surface area contributed by atoms with Gasteiger partial charge in [0.2, 0.25) is 0 Å². The van der Waals surface area contributed by atoms with Gasteiger partial charge in [0.1, 0.15) is 5.78 Å². The highest BCUT2D eigenvalue weighted by atomic mass is 28.4. The van der Waals surface area contributed by atoms with Gasteiger partial charge in [-0.1, -0.05) is 34.6 Å². The lowest BCUT2D eigenvalue weighted by atomic mass is 9.64. The third kappa shape index (κ3) is 4.44. The summed E-state index contributed by atoms with van der Waals surface area (Å²) in [6, 6.07) is 0. The fourth-order valence-corrected chi connectivity index (χ4v) is 4.45. The topological polar surface area (TPSA) is 52.6 Å². The fraction of sp³-hybridized carbons (Fsp3) is 0.889. The van der Waals surface area contributed by atoms with Crippen LogP contribution in [0.15, 0.2) is 0 Å². The average Bonchev–Trinajstić information content (AvgIpc) is 2.44. The molecule has 0 unspecified atom stereocenters. The van der Waals surface area contributed by atoms with Crippen LogP contribution in [0.4, 0.5) is 0 Å². The summed E-state index contributed by atoms with van der Waals surface area (Å²) in [4.78, 5) is 24.0. The van der Waals surface area contributed by atoms with Crippen LogP contribution in [0.5, 0.6) is 0 Å². The highest BCUT2D eigenvalue weighted by molar-refractivity contribution is 6.74. The van der Waals surface area contributed by atoms with Crippen molar-refractivity contribution < 1.29 is 18.8 Å². The highest BCUT2D eigenvalue weighted by Crippen LogP contribution is 2.46. The van der Waals surface area contributed by atoms with E-state index in [0.717, 1.165) is 6.42 Å². The minimum absolute atomic E-state index is 0.0937. The van der Waals surface area contributed by atoms with Crippen LogP contribution in [0.2, 0.25) is 18.1 Å². The van der Waals surface area contributed by atoms with Crippen molar-refractivity contribution in [1.29, 1.82) is 0 Å². The molecule has 0 heterocycles. The molecule has 4 nitrogen and oxygen atoms in total. The van der Waals surface area contributed by atoms with E-state index in [1.54, 1.807) is 0 Å². The van der Waals surface area contributed by atoms with Crippen molar-refractivity contribution in [2.24, 2.45) is 11.3 Å². The third-order valence-corrected chi connectivity index (χ3v) is 10.7. The zero-order valence-electron chi connectivity index (χ0n) is 16.1. The molecule has 0 saturated heterocycles. The van der Waals surface area contributed by atoms with Crippen LogP contribution >= 0.6 is 0 Å². The van der Waals surface area contributed by atoms with E-state index in [9.17, 15) is 9.59 Å². The predicted molar refractivity (Wildman–Crippen MR) is 94.8 cm³/mol. The molecule has 1 aliphatic rings. The standard InChI is InChI=1S/C18H34O4Si/c1-13-14(22-23(7,8)17(2,3)4)9-10-15(19)18(13,5)12-11-16(20)21-6/h13-14H,9-12H2,1-8H3/t13-,14+,18+/m0/s1. The first-order valence-corrected chi connectivity index (χ1v) is 11.5. The van der Waals surface area contributed by atoms with Gasteiger partial charge in [-0.3, -0.25) is 9.59 Å². The molecular weight excluding hydrogens is 308 g/mol. The molecule has 0 aromatic carbocycles. The van der Waals surface area contributed by atoms with Crippen molar-refractivity contribution in [3.05, 3.63) is 0 Å². The number of rotatable bonds is 5. The molecule has 0 spiro atoms. The highest BCUT2D eigenvalue weighted by Gasteiger charge is 2.49. The van der Waals surface area contributed by atoms with Gasteiger partial charge < -0.3 is 9.16 Å². The maximum Gasteiger partial charge on any atom is 0.305 e. The van der Waals surface area contributed by atoms with Gasteiger partial charge in [-0.2, -0.15) is 0 Å². The number of carbonyl (C=O) groups is 2. The largest absolute Gasteiger partial charge is 0.469 e. The van der Waals surface area contributed by atoms with Crippen LogP contribution in [0.3, 0.4) is 0 Å². The van der Waals surface area contributed by atoms with Crippen LogP contribution in [0.1, 0.15) is 60.3 Å². The van der Waals surface area contributed by atoms with E-state index < -0.39 is 13.7 Å². The van der Waals surface area contributed by atoms with Crippen molar-refractivity contribution in [2.75, 3.05) is 7.11 Å². The van der Waals surface area contributed by atoms with Gasteiger partial charge in [-0.25, -0.2) is 0 Å². The van der Waals surface area contributed by atoms with Crippen LogP contribution in [-0.2, 0) is 18.8 Å². The molecule has 0 amide bonds. The lowest BCUT2D eigenvalue weighted by molar-refractivity contribution is -0.145. The molecular formula is C18H34O4Si. The average molecular weight is 343 g/mol. The lowest BCUT2D eigenvalue weighted by Gasteiger charge is -2.47. The zero-order valence-corrected chi connectivity index (χ0v) is 17.1. The van der Waals surface area contributed by atoms with Gasteiger partial charge in [0, 0.05) is 24.4 Å². The molecule has 0 bridgehead atoms. The second-order valence-electron chi connectivity index (χ2n) is 8.66. The predicted octanol–water partition coefficient (Wildman–Crippen LogP) is 4.34. The molecule has 0 aromatic heterocycles. The van der Waals surface area contributed by atoms with Gasteiger partial charge in [-0.15, -0.1) is 0 Å². The summed E-state index contributed by atoms with van der Waals surface area (Å²) >= 11 is 0. The van der Waals surface area contributed by atoms with E-state index in [0.29, 0.717) is 12.8 Å². The maximum absolute atomic E-state index is 12.5. The van der Waals surface area contributed by atoms with Crippen molar-refractivity contribution >= 4 is 20.1 Å². The zero-order chi connectivity index (χ0) is 18.1. The normalized spacial score (nSPS) is 29.5. The summed E-state index contributed by atoms with van der Waals surface area (Å²) in [7, 11) is -0.484. The minimum Gasteiger partial charge on any atom is -0.469 e. The number of hydrogen-bond acceptors (Lipinski definition) is 4. The molecule has 1 fully saturated rings. The van der Waals surface area contributed by atoms with Gasteiger partial charge >= 0.3 is 5.97 Å². The summed E-state index contributed by atoms with van der Waals surface area (Å²) in [5.74, 6) is 0.116. The molecule has 0 radical (unpaired) electrons. The Morgan fingerprint density at radius 3 is 2.39 bits per heavy atom. The number of esters is 1. The number of carbonyl (C=O) groups excluding carboxylic acids is 2. The first-order valence-electron chi connectivity index (χ1n) is 8.63. The second kappa shape index (κ2) is 7.05.